The van der Waals surface area contributed by atoms with Crippen LogP contribution in [0.25, 0.3) is 0 Å². The molecule has 0 radical (unpaired) electrons. The normalized spacial score (nSPS) is 15.2. The third kappa shape index (κ3) is 5.67. The Morgan fingerprint density at radius 3 is 2.36 bits per heavy atom. The van der Waals surface area contributed by atoms with Crippen molar-refractivity contribution in [1.29, 1.82) is 0 Å². The minimum absolute atomic E-state index is 0.00936. The molecule has 1 aromatic rings. The number of alkyl halides is 2. The summed E-state index contributed by atoms with van der Waals surface area (Å²) in [6.45, 7) is 1.45. The van der Waals surface area contributed by atoms with E-state index in [-0.39, 0.29) is 24.2 Å². The molecule has 8 heteroatoms. The van der Waals surface area contributed by atoms with Gasteiger partial charge in [-0.3, -0.25) is 9.59 Å². The van der Waals surface area contributed by atoms with Crippen LogP contribution >= 0.6 is 0 Å². The van der Waals surface area contributed by atoms with Crippen molar-refractivity contribution in [1.82, 2.24) is 9.80 Å². The van der Waals surface area contributed by atoms with Gasteiger partial charge < -0.3 is 19.3 Å². The average Bonchev–Trinajstić information content (AvgIpc) is 2.85. The maximum Gasteiger partial charge on any atom is 0.387 e. The summed E-state index contributed by atoms with van der Waals surface area (Å²) in [6, 6.07) is 5.61. The van der Waals surface area contributed by atoms with Crippen LogP contribution in [0, 0.1) is 0 Å². The van der Waals surface area contributed by atoms with E-state index in [4.69, 9.17) is 4.74 Å². The van der Waals surface area contributed by atoms with Crippen molar-refractivity contribution in [2.24, 2.45) is 0 Å². The molecule has 1 heterocycles. The highest BCUT2D eigenvalue weighted by atomic mass is 19.3. The van der Waals surface area contributed by atoms with E-state index >= 15 is 0 Å². The van der Waals surface area contributed by atoms with Crippen LogP contribution in [-0.2, 0) is 9.53 Å². The molecule has 0 spiro atoms. The zero-order valence-corrected chi connectivity index (χ0v) is 14.1. The highest BCUT2D eigenvalue weighted by Gasteiger charge is 2.22. The van der Waals surface area contributed by atoms with Crippen molar-refractivity contribution in [3.63, 3.8) is 0 Å². The van der Waals surface area contributed by atoms with Gasteiger partial charge in [-0.05, 0) is 37.6 Å². The van der Waals surface area contributed by atoms with Gasteiger partial charge in [0.05, 0.1) is 0 Å². The zero-order valence-electron chi connectivity index (χ0n) is 14.1. The lowest BCUT2D eigenvalue weighted by atomic mass is 10.2. The lowest BCUT2D eigenvalue weighted by Crippen LogP contribution is -2.38. The van der Waals surface area contributed by atoms with Gasteiger partial charge in [-0.25, -0.2) is 0 Å². The molecule has 138 valence electrons. The van der Waals surface area contributed by atoms with Gasteiger partial charge in [-0.1, -0.05) is 0 Å². The molecule has 0 saturated carbocycles. The van der Waals surface area contributed by atoms with Gasteiger partial charge in [-0.2, -0.15) is 8.78 Å². The van der Waals surface area contributed by atoms with Crippen LogP contribution in [0.1, 0.15) is 23.7 Å². The molecule has 6 nitrogen and oxygen atoms in total. The average molecular weight is 356 g/mol. The summed E-state index contributed by atoms with van der Waals surface area (Å²) in [5.41, 5.74) is 0.399. The Hall–Kier alpha value is -2.22. The molecule has 0 aromatic heterocycles. The first-order chi connectivity index (χ1) is 12.0. The Morgan fingerprint density at radius 2 is 1.72 bits per heavy atom. The predicted molar refractivity (Wildman–Crippen MR) is 86.7 cm³/mol. The van der Waals surface area contributed by atoms with E-state index in [0.29, 0.717) is 44.8 Å². The molecule has 25 heavy (non-hydrogen) atoms. The van der Waals surface area contributed by atoms with Crippen molar-refractivity contribution in [2.45, 2.75) is 20.0 Å². The first-order valence-corrected chi connectivity index (χ1v) is 8.21. The molecule has 2 amide bonds. The van der Waals surface area contributed by atoms with Crippen LogP contribution in [0.2, 0.25) is 0 Å². The summed E-state index contributed by atoms with van der Waals surface area (Å²) < 4.78 is 33.7. The molecule has 0 aliphatic carbocycles. The molecule has 1 aromatic carbocycles. The zero-order chi connectivity index (χ0) is 18.2. The highest BCUT2D eigenvalue weighted by Crippen LogP contribution is 2.17. The smallest absolute Gasteiger partial charge is 0.387 e. The standard InChI is InChI=1S/C17H22F2N2O4/c1-2-24-12-15(22)20-8-3-9-21(11-10-20)16(23)13-4-6-14(7-5-13)25-17(18)19/h4-7,17H,2-3,8-12H2,1H3. The highest BCUT2D eigenvalue weighted by molar-refractivity contribution is 5.94. The van der Waals surface area contributed by atoms with Crippen LogP contribution in [0.4, 0.5) is 8.78 Å². The van der Waals surface area contributed by atoms with Crippen molar-refractivity contribution in [2.75, 3.05) is 39.4 Å². The number of carbonyl (C=O) groups excluding carboxylic acids is 2. The molecule has 0 atom stereocenters. The fourth-order valence-electron chi connectivity index (χ4n) is 2.61. The van der Waals surface area contributed by atoms with Crippen LogP contribution in [0.15, 0.2) is 24.3 Å². The molecular formula is C17H22F2N2O4. The monoisotopic (exact) mass is 356 g/mol. The maximum atomic E-state index is 12.5. The van der Waals surface area contributed by atoms with Gasteiger partial charge in [0.1, 0.15) is 12.4 Å². The van der Waals surface area contributed by atoms with Gasteiger partial charge in [0.2, 0.25) is 5.91 Å². The van der Waals surface area contributed by atoms with Gasteiger partial charge in [0, 0.05) is 38.3 Å². The number of halogens is 2. The number of ether oxygens (including phenoxy) is 2. The van der Waals surface area contributed by atoms with E-state index in [1.807, 2.05) is 6.92 Å². The van der Waals surface area contributed by atoms with E-state index in [9.17, 15) is 18.4 Å². The molecule has 1 saturated heterocycles. The van der Waals surface area contributed by atoms with Crippen LogP contribution < -0.4 is 4.74 Å². The van der Waals surface area contributed by atoms with Gasteiger partial charge in [0.15, 0.2) is 0 Å². The lowest BCUT2D eigenvalue weighted by molar-refractivity contribution is -0.135. The Labute approximate surface area is 145 Å². The van der Waals surface area contributed by atoms with Crippen molar-refractivity contribution >= 4 is 11.8 Å². The van der Waals surface area contributed by atoms with Crippen LogP contribution in [-0.4, -0.2) is 67.6 Å². The maximum absolute atomic E-state index is 12.5. The second kappa shape index (κ2) is 9.31. The molecular weight excluding hydrogens is 334 g/mol. The molecule has 1 aliphatic rings. The first-order valence-electron chi connectivity index (χ1n) is 8.21. The van der Waals surface area contributed by atoms with E-state index in [1.165, 1.54) is 24.3 Å². The Balaban J connectivity index is 1.93. The van der Waals surface area contributed by atoms with E-state index in [0.717, 1.165) is 0 Å². The van der Waals surface area contributed by atoms with E-state index < -0.39 is 6.61 Å². The number of rotatable bonds is 6. The lowest BCUT2D eigenvalue weighted by Gasteiger charge is -2.22. The quantitative estimate of drug-likeness (QED) is 0.782. The van der Waals surface area contributed by atoms with E-state index in [1.54, 1.807) is 9.80 Å². The number of amides is 2. The van der Waals surface area contributed by atoms with Gasteiger partial charge in [0.25, 0.3) is 5.91 Å². The molecule has 2 rings (SSSR count). The largest absolute Gasteiger partial charge is 0.435 e. The van der Waals surface area contributed by atoms with Crippen LogP contribution in [0.5, 0.6) is 5.75 Å². The van der Waals surface area contributed by atoms with Crippen molar-refractivity contribution < 1.29 is 27.8 Å². The Morgan fingerprint density at radius 1 is 1.08 bits per heavy atom. The second-order valence-electron chi connectivity index (χ2n) is 5.57. The molecule has 0 N–H and O–H groups in total. The van der Waals surface area contributed by atoms with E-state index in [2.05, 4.69) is 4.74 Å². The SMILES string of the molecule is CCOCC(=O)N1CCCN(C(=O)c2ccc(OC(F)F)cc2)CC1. The van der Waals surface area contributed by atoms with Gasteiger partial charge >= 0.3 is 6.61 Å². The minimum Gasteiger partial charge on any atom is -0.435 e. The third-order valence-electron chi connectivity index (χ3n) is 3.89. The number of hydrogen-bond donors (Lipinski definition) is 0. The number of nitrogens with zero attached hydrogens (tertiary/aromatic N) is 2. The third-order valence-corrected chi connectivity index (χ3v) is 3.89. The fraction of sp³-hybridized carbons (Fsp3) is 0.529. The summed E-state index contributed by atoms with van der Waals surface area (Å²) >= 11 is 0. The minimum atomic E-state index is -2.90. The Kier molecular flexibility index (Phi) is 7.12. The van der Waals surface area contributed by atoms with Crippen molar-refractivity contribution in [3.05, 3.63) is 29.8 Å². The summed E-state index contributed by atoms with van der Waals surface area (Å²) in [4.78, 5) is 27.9. The first kappa shape index (κ1) is 19.1. The Bertz CT molecular complexity index is 581. The summed E-state index contributed by atoms with van der Waals surface area (Å²) in [7, 11) is 0. The van der Waals surface area contributed by atoms with Crippen molar-refractivity contribution in [3.8, 4) is 5.75 Å². The summed E-state index contributed by atoms with van der Waals surface area (Å²) in [5, 5.41) is 0. The molecule has 0 unspecified atom stereocenters. The fourth-order valence-corrected chi connectivity index (χ4v) is 2.61. The molecule has 1 fully saturated rings. The predicted octanol–water partition coefficient (Wildman–Crippen LogP) is 2.00. The van der Waals surface area contributed by atoms with Gasteiger partial charge in [-0.15, -0.1) is 0 Å². The number of carbonyl (C=O) groups is 2. The number of hydrogen-bond acceptors (Lipinski definition) is 4. The second-order valence-corrected chi connectivity index (χ2v) is 5.57. The molecule has 1 aliphatic heterocycles. The number of benzene rings is 1. The van der Waals surface area contributed by atoms with Crippen LogP contribution in [0.3, 0.4) is 0 Å². The summed E-state index contributed by atoms with van der Waals surface area (Å²) in [5.74, 6) is -0.262. The topological polar surface area (TPSA) is 59.1 Å². The summed E-state index contributed by atoms with van der Waals surface area (Å²) in [6.07, 6.45) is 0.677. The molecule has 0 bridgehead atoms.